The first kappa shape index (κ1) is 16.4. The largest absolute Gasteiger partial charge is 0.383 e. The summed E-state index contributed by atoms with van der Waals surface area (Å²) in [6, 6.07) is 2.43. The average molecular weight is 378 g/mol. The maximum Gasteiger partial charge on any atom is 0.153 e. The van der Waals surface area contributed by atoms with E-state index in [1.807, 2.05) is 0 Å². The van der Waals surface area contributed by atoms with Crippen molar-refractivity contribution in [3.63, 3.8) is 0 Å². The third-order valence-electron chi connectivity index (χ3n) is 2.69. The molecule has 8 heteroatoms. The Bertz CT molecular complexity index is 586. The lowest BCUT2D eigenvalue weighted by atomic mass is 10.2. The summed E-state index contributed by atoms with van der Waals surface area (Å²) in [6.45, 7) is 2.10. The summed E-state index contributed by atoms with van der Waals surface area (Å²) in [5.41, 5.74) is -0.130. The Balaban J connectivity index is 2.03. The van der Waals surface area contributed by atoms with Crippen LogP contribution in [0.4, 0.5) is 8.78 Å². The molecule has 0 atom stereocenters. The van der Waals surface area contributed by atoms with Gasteiger partial charge in [0.2, 0.25) is 0 Å². The van der Waals surface area contributed by atoms with Gasteiger partial charge in [0, 0.05) is 31.1 Å². The zero-order valence-corrected chi connectivity index (χ0v) is 13.7. The van der Waals surface area contributed by atoms with Gasteiger partial charge in [-0.3, -0.25) is 0 Å². The summed E-state index contributed by atoms with van der Waals surface area (Å²) in [6.07, 6.45) is 0.654. The quantitative estimate of drug-likeness (QED) is 0.753. The van der Waals surface area contributed by atoms with E-state index in [4.69, 9.17) is 4.74 Å². The van der Waals surface area contributed by atoms with E-state index in [1.54, 1.807) is 7.11 Å². The molecule has 0 saturated heterocycles. The lowest BCUT2D eigenvalue weighted by Crippen LogP contribution is -2.21. The highest BCUT2D eigenvalue weighted by Crippen LogP contribution is 2.31. The van der Waals surface area contributed by atoms with Crippen LogP contribution in [0.1, 0.15) is 5.01 Å². The predicted molar refractivity (Wildman–Crippen MR) is 81.4 cm³/mol. The van der Waals surface area contributed by atoms with Gasteiger partial charge in [0.1, 0.15) is 16.6 Å². The number of hydrogen-bond acceptors (Lipinski definition) is 5. The lowest BCUT2D eigenvalue weighted by molar-refractivity contribution is 0.199. The van der Waals surface area contributed by atoms with Crippen LogP contribution in [0, 0.1) is 11.6 Å². The van der Waals surface area contributed by atoms with E-state index in [2.05, 4.69) is 31.4 Å². The van der Waals surface area contributed by atoms with Gasteiger partial charge < -0.3 is 10.1 Å². The number of benzene rings is 1. The number of methoxy groups -OCH3 is 1. The monoisotopic (exact) mass is 377 g/mol. The first-order chi connectivity index (χ1) is 10.1. The second-order valence-electron chi connectivity index (χ2n) is 4.24. The van der Waals surface area contributed by atoms with Crippen LogP contribution in [0.2, 0.25) is 0 Å². The van der Waals surface area contributed by atoms with Crippen LogP contribution in [0.15, 0.2) is 16.6 Å². The van der Waals surface area contributed by atoms with Gasteiger partial charge in [-0.15, -0.1) is 10.2 Å². The van der Waals surface area contributed by atoms with E-state index in [1.165, 1.54) is 23.5 Å². The van der Waals surface area contributed by atoms with Gasteiger partial charge in [-0.2, -0.15) is 0 Å². The minimum absolute atomic E-state index is 0.130. The number of aromatic nitrogens is 2. The molecule has 0 saturated carbocycles. The maximum absolute atomic E-state index is 13.8. The molecule has 0 amide bonds. The number of nitrogens with zero attached hydrogens (tertiary/aromatic N) is 2. The van der Waals surface area contributed by atoms with Crippen molar-refractivity contribution in [2.75, 3.05) is 26.8 Å². The molecule has 2 aromatic rings. The molecule has 2 rings (SSSR count). The second-order valence-corrected chi connectivity index (χ2v) is 6.22. The molecule has 0 unspecified atom stereocenters. The van der Waals surface area contributed by atoms with Crippen LogP contribution >= 0.6 is 27.3 Å². The summed E-state index contributed by atoms with van der Waals surface area (Å²) < 4.78 is 33.0. The van der Waals surface area contributed by atoms with Crippen molar-refractivity contribution in [3.8, 4) is 10.6 Å². The van der Waals surface area contributed by atoms with Gasteiger partial charge in [-0.25, -0.2) is 8.78 Å². The first-order valence-corrected chi connectivity index (χ1v) is 7.89. The van der Waals surface area contributed by atoms with Crippen molar-refractivity contribution in [3.05, 3.63) is 33.2 Å². The molecule has 0 aliphatic carbocycles. The average Bonchev–Trinajstić information content (AvgIpc) is 2.86. The first-order valence-electron chi connectivity index (χ1n) is 6.28. The normalized spacial score (nSPS) is 11.0. The Morgan fingerprint density at radius 3 is 2.62 bits per heavy atom. The molecule has 21 heavy (non-hydrogen) atoms. The van der Waals surface area contributed by atoms with Crippen LogP contribution in [-0.2, 0) is 11.2 Å². The van der Waals surface area contributed by atoms with E-state index in [-0.39, 0.29) is 10.6 Å². The molecule has 1 aromatic heterocycles. The van der Waals surface area contributed by atoms with Crippen LogP contribution in [0.25, 0.3) is 10.6 Å². The topological polar surface area (TPSA) is 47.0 Å². The van der Waals surface area contributed by atoms with E-state index < -0.39 is 11.6 Å². The zero-order valence-electron chi connectivity index (χ0n) is 11.3. The number of halogens is 3. The number of hydrogen-bond donors (Lipinski definition) is 1. The van der Waals surface area contributed by atoms with E-state index >= 15 is 0 Å². The standard InChI is InChI=1S/C13H14BrF2N3OS/c1-20-5-4-17-3-2-11-18-19-13(21-11)12-9(15)6-8(14)7-10(12)16/h6-7,17H,2-5H2,1H3. The molecule has 0 aliphatic heterocycles. The van der Waals surface area contributed by atoms with Gasteiger partial charge in [-0.05, 0) is 12.1 Å². The Morgan fingerprint density at radius 2 is 1.95 bits per heavy atom. The fourth-order valence-electron chi connectivity index (χ4n) is 1.70. The third-order valence-corrected chi connectivity index (χ3v) is 4.14. The Kier molecular flexibility index (Phi) is 6.16. The highest BCUT2D eigenvalue weighted by molar-refractivity contribution is 9.10. The minimum Gasteiger partial charge on any atom is -0.383 e. The summed E-state index contributed by atoms with van der Waals surface area (Å²) in [7, 11) is 1.64. The van der Waals surface area contributed by atoms with E-state index in [9.17, 15) is 8.78 Å². The Morgan fingerprint density at radius 1 is 1.24 bits per heavy atom. The van der Waals surface area contributed by atoms with Gasteiger partial charge >= 0.3 is 0 Å². The van der Waals surface area contributed by atoms with Crippen molar-refractivity contribution < 1.29 is 13.5 Å². The van der Waals surface area contributed by atoms with Gasteiger partial charge in [0.25, 0.3) is 0 Å². The van der Waals surface area contributed by atoms with Gasteiger partial charge in [-0.1, -0.05) is 27.3 Å². The molecule has 1 N–H and O–H groups in total. The highest BCUT2D eigenvalue weighted by Gasteiger charge is 2.17. The molecule has 1 heterocycles. The van der Waals surface area contributed by atoms with Crippen LogP contribution in [-0.4, -0.2) is 37.0 Å². The molecular weight excluding hydrogens is 364 g/mol. The number of rotatable bonds is 7. The maximum atomic E-state index is 13.8. The molecular formula is C13H14BrF2N3OS. The summed E-state index contributed by atoms with van der Waals surface area (Å²) in [4.78, 5) is 0. The summed E-state index contributed by atoms with van der Waals surface area (Å²) >= 11 is 4.24. The molecule has 0 bridgehead atoms. The van der Waals surface area contributed by atoms with Crippen molar-refractivity contribution >= 4 is 27.3 Å². The fourth-order valence-corrected chi connectivity index (χ4v) is 2.99. The van der Waals surface area contributed by atoms with Crippen LogP contribution < -0.4 is 5.32 Å². The Labute approximate surface area is 133 Å². The third kappa shape index (κ3) is 4.50. The predicted octanol–water partition coefficient (Wildman–Crippen LogP) is 3.02. The summed E-state index contributed by atoms with van der Waals surface area (Å²) in [5, 5.41) is 12.0. The number of ether oxygens (including phenoxy) is 1. The zero-order chi connectivity index (χ0) is 15.2. The van der Waals surface area contributed by atoms with E-state index in [0.717, 1.165) is 11.6 Å². The van der Waals surface area contributed by atoms with Crippen LogP contribution in [0.5, 0.6) is 0 Å². The lowest BCUT2D eigenvalue weighted by Gasteiger charge is -2.02. The van der Waals surface area contributed by atoms with Gasteiger partial charge in [0.15, 0.2) is 5.01 Å². The molecule has 114 valence electrons. The molecule has 0 spiro atoms. The molecule has 0 aliphatic rings. The molecule has 4 nitrogen and oxygen atoms in total. The van der Waals surface area contributed by atoms with Crippen LogP contribution in [0.3, 0.4) is 0 Å². The fraction of sp³-hybridized carbons (Fsp3) is 0.385. The minimum atomic E-state index is -0.650. The number of nitrogens with one attached hydrogen (secondary N) is 1. The van der Waals surface area contributed by atoms with Crippen molar-refractivity contribution in [2.45, 2.75) is 6.42 Å². The Hall–Kier alpha value is -0.960. The summed E-state index contributed by atoms with van der Waals surface area (Å²) in [5.74, 6) is -1.30. The van der Waals surface area contributed by atoms with E-state index in [0.29, 0.717) is 24.0 Å². The van der Waals surface area contributed by atoms with Crippen molar-refractivity contribution in [1.82, 2.24) is 15.5 Å². The van der Waals surface area contributed by atoms with Gasteiger partial charge in [0.05, 0.1) is 12.2 Å². The molecule has 1 aromatic carbocycles. The smallest absolute Gasteiger partial charge is 0.153 e. The van der Waals surface area contributed by atoms with Crippen molar-refractivity contribution in [2.24, 2.45) is 0 Å². The second kappa shape index (κ2) is 7.88. The molecule has 0 radical (unpaired) electrons. The van der Waals surface area contributed by atoms with Crippen molar-refractivity contribution in [1.29, 1.82) is 0 Å². The SMILES string of the molecule is COCCNCCc1nnc(-c2c(F)cc(Br)cc2F)s1. The molecule has 0 fully saturated rings. The highest BCUT2D eigenvalue weighted by atomic mass is 79.9.